The minimum atomic E-state index is -0.935. The highest BCUT2D eigenvalue weighted by molar-refractivity contribution is 5.98. The lowest BCUT2D eigenvalue weighted by Gasteiger charge is -2.35. The van der Waals surface area contributed by atoms with Gasteiger partial charge in [-0.1, -0.05) is 54.6 Å². The first-order valence-electron chi connectivity index (χ1n) is 15.4. The summed E-state index contributed by atoms with van der Waals surface area (Å²) in [6.45, 7) is 2.12. The van der Waals surface area contributed by atoms with Gasteiger partial charge in [0.25, 0.3) is 5.91 Å². The summed E-state index contributed by atoms with van der Waals surface area (Å²) in [5.41, 5.74) is 0.682. The second-order valence-corrected chi connectivity index (χ2v) is 12.6. The third-order valence-corrected chi connectivity index (χ3v) is 9.77. The molecule has 0 spiro atoms. The van der Waals surface area contributed by atoms with Gasteiger partial charge in [0.15, 0.2) is 0 Å². The van der Waals surface area contributed by atoms with E-state index in [2.05, 4.69) is 11.4 Å². The van der Waals surface area contributed by atoms with Gasteiger partial charge in [0.1, 0.15) is 24.2 Å². The van der Waals surface area contributed by atoms with Crippen LogP contribution in [0.15, 0.2) is 66.7 Å². The monoisotopic (exact) mass is 608 g/mol. The molecule has 4 atom stereocenters. The van der Waals surface area contributed by atoms with E-state index in [0.29, 0.717) is 32.1 Å². The number of ether oxygens (including phenoxy) is 3. The molecule has 6 rings (SSSR count). The topological polar surface area (TPSA) is 135 Å². The lowest BCUT2D eigenvalue weighted by Crippen LogP contribution is -2.45. The number of hydrogen-bond donors (Lipinski definition) is 2. The van der Waals surface area contributed by atoms with Gasteiger partial charge in [-0.25, -0.2) is 0 Å². The highest BCUT2D eigenvalue weighted by Gasteiger charge is 2.49. The molecule has 1 amide bonds. The molecule has 2 N–H and O–H groups in total. The van der Waals surface area contributed by atoms with Crippen molar-refractivity contribution in [3.05, 3.63) is 83.4 Å². The normalized spacial score (nSPS) is 26.6. The zero-order valence-electron chi connectivity index (χ0n) is 25.3. The number of amides is 1. The molecule has 3 aliphatic carbocycles. The summed E-state index contributed by atoms with van der Waals surface area (Å²) < 4.78 is 17.5. The number of nitrogens with one attached hydrogen (secondary N) is 1. The number of carboxylic acids is 1. The van der Waals surface area contributed by atoms with Gasteiger partial charge in [0.2, 0.25) is 0 Å². The van der Waals surface area contributed by atoms with Crippen LogP contribution in [0.3, 0.4) is 0 Å². The molecule has 2 saturated carbocycles. The van der Waals surface area contributed by atoms with Crippen LogP contribution >= 0.6 is 0 Å². The summed E-state index contributed by atoms with van der Waals surface area (Å²) in [5, 5.41) is 24.7. The number of allylic oxidation sites excluding steroid dienone is 1. The summed E-state index contributed by atoms with van der Waals surface area (Å²) in [7, 11) is 1.41. The first kappa shape index (κ1) is 30.2. The van der Waals surface area contributed by atoms with Crippen molar-refractivity contribution in [3.63, 3.8) is 0 Å². The van der Waals surface area contributed by atoms with Gasteiger partial charge in [-0.2, -0.15) is 5.26 Å². The maximum Gasteiger partial charge on any atom is 0.312 e. The van der Waals surface area contributed by atoms with Crippen molar-refractivity contribution in [1.29, 1.82) is 5.26 Å². The van der Waals surface area contributed by atoms with Gasteiger partial charge in [-0.15, -0.1) is 0 Å². The zero-order valence-corrected chi connectivity index (χ0v) is 25.3. The quantitative estimate of drug-likeness (QED) is 0.230. The van der Waals surface area contributed by atoms with Gasteiger partial charge < -0.3 is 24.6 Å². The Balaban J connectivity index is 1.11. The maximum absolute atomic E-state index is 13.5. The Morgan fingerprint density at radius 3 is 2.49 bits per heavy atom. The second kappa shape index (κ2) is 12.3. The van der Waals surface area contributed by atoms with Gasteiger partial charge in [0, 0.05) is 12.1 Å². The summed E-state index contributed by atoms with van der Waals surface area (Å²) in [6.07, 6.45) is 6.53. The van der Waals surface area contributed by atoms with Crippen molar-refractivity contribution in [2.24, 2.45) is 23.2 Å². The van der Waals surface area contributed by atoms with Gasteiger partial charge in [-0.05, 0) is 73.3 Å². The predicted octanol–water partition coefficient (Wildman–Crippen LogP) is 5.80. The molecular formula is C36H36N2O7. The van der Waals surface area contributed by atoms with Crippen LogP contribution in [-0.2, 0) is 20.9 Å². The summed E-state index contributed by atoms with van der Waals surface area (Å²) in [4.78, 5) is 38.6. The van der Waals surface area contributed by atoms with E-state index in [-0.39, 0.29) is 53.1 Å². The summed E-state index contributed by atoms with van der Waals surface area (Å²) >= 11 is 0. The number of rotatable bonds is 9. The third-order valence-electron chi connectivity index (χ3n) is 9.77. The molecule has 0 heterocycles. The molecule has 0 unspecified atom stereocenters. The van der Waals surface area contributed by atoms with E-state index in [1.54, 1.807) is 0 Å². The summed E-state index contributed by atoms with van der Waals surface area (Å²) in [5.74, 6) is -2.06. The van der Waals surface area contributed by atoms with Crippen molar-refractivity contribution >= 4 is 28.6 Å². The SMILES string of the molecule is COc1cc(C#N)c(O[C@H]2CC[C@@](C)(C(=O)OCc3cccc4ccccc34)CC2)cc1C(=O)N[C@H]1[C@@H](C(=O)O)[C@@H]2C=C[C@H]1C2. The number of nitriles is 1. The number of carbonyl (C=O) groups excluding carboxylic acids is 2. The van der Waals surface area contributed by atoms with Crippen LogP contribution in [0.2, 0.25) is 0 Å². The molecule has 0 aromatic heterocycles. The number of carboxylic acid groups (broad SMARTS) is 1. The van der Waals surface area contributed by atoms with Crippen LogP contribution in [0.5, 0.6) is 11.5 Å². The third kappa shape index (κ3) is 5.85. The van der Waals surface area contributed by atoms with Crippen LogP contribution in [0.4, 0.5) is 0 Å². The van der Waals surface area contributed by atoms with E-state index >= 15 is 0 Å². The second-order valence-electron chi connectivity index (χ2n) is 12.6. The minimum Gasteiger partial charge on any atom is -0.496 e. The Morgan fingerprint density at radius 1 is 1.02 bits per heavy atom. The number of aliphatic carboxylic acids is 1. The van der Waals surface area contributed by atoms with Crippen LogP contribution in [0.25, 0.3) is 10.8 Å². The number of methoxy groups -OCH3 is 1. The van der Waals surface area contributed by atoms with E-state index in [0.717, 1.165) is 16.3 Å². The number of esters is 1. The molecule has 2 bridgehead atoms. The van der Waals surface area contributed by atoms with E-state index < -0.39 is 29.3 Å². The predicted molar refractivity (Wildman–Crippen MR) is 166 cm³/mol. The highest BCUT2D eigenvalue weighted by Crippen LogP contribution is 2.44. The fraction of sp³-hybridized carbons (Fsp3) is 0.389. The fourth-order valence-electron chi connectivity index (χ4n) is 7.14. The van der Waals surface area contributed by atoms with Crippen molar-refractivity contribution in [2.75, 3.05) is 7.11 Å². The standard InChI is InChI=1S/C36H36N2O7/c1-36(35(42)44-20-24-8-5-7-21-6-3-4-9-27(21)24)14-12-26(13-15-36)45-29-18-28(30(43-2)17-25(29)19-37)33(39)38-32-23-11-10-22(16-23)31(32)34(40)41/h3-11,17-18,22-23,26,31-32H,12-16,20H2,1-2H3,(H,38,39)(H,40,41)/t22-,23+,26-,31+,32-,36+/m1/s1. The first-order chi connectivity index (χ1) is 21.7. The van der Waals surface area contributed by atoms with Crippen LogP contribution in [0, 0.1) is 34.5 Å². The number of carbonyl (C=O) groups is 3. The van der Waals surface area contributed by atoms with Crippen LogP contribution < -0.4 is 14.8 Å². The Labute approximate surface area is 261 Å². The minimum absolute atomic E-state index is 0.0459. The van der Waals surface area contributed by atoms with Gasteiger partial charge in [-0.3, -0.25) is 14.4 Å². The molecule has 232 valence electrons. The smallest absolute Gasteiger partial charge is 0.312 e. The van der Waals surface area contributed by atoms with Crippen LogP contribution in [0.1, 0.15) is 60.5 Å². The number of fused-ring (bicyclic) bond motifs is 3. The molecule has 0 saturated heterocycles. The van der Waals surface area contributed by atoms with Crippen molar-refractivity contribution < 1.29 is 33.7 Å². The molecule has 9 heteroatoms. The molecular weight excluding hydrogens is 572 g/mol. The van der Waals surface area contributed by atoms with Crippen molar-refractivity contribution in [3.8, 4) is 17.6 Å². The molecule has 3 aliphatic rings. The number of nitrogens with zero attached hydrogens (tertiary/aromatic N) is 1. The van der Waals surface area contributed by atoms with Crippen molar-refractivity contribution in [1.82, 2.24) is 5.32 Å². The average molecular weight is 609 g/mol. The largest absolute Gasteiger partial charge is 0.496 e. The molecule has 2 fully saturated rings. The molecule has 45 heavy (non-hydrogen) atoms. The van der Waals surface area contributed by atoms with E-state index in [4.69, 9.17) is 14.2 Å². The molecule has 3 aromatic rings. The number of hydrogen-bond acceptors (Lipinski definition) is 7. The lowest BCUT2D eigenvalue weighted by atomic mass is 9.74. The van der Waals surface area contributed by atoms with Crippen molar-refractivity contribution in [2.45, 2.75) is 57.8 Å². The Kier molecular flexibility index (Phi) is 8.24. The highest BCUT2D eigenvalue weighted by atomic mass is 16.5. The molecule has 0 radical (unpaired) electrons. The maximum atomic E-state index is 13.5. The van der Waals surface area contributed by atoms with E-state index in [9.17, 15) is 24.8 Å². The van der Waals surface area contributed by atoms with Gasteiger partial charge >= 0.3 is 11.9 Å². The molecule has 0 aliphatic heterocycles. The van der Waals surface area contributed by atoms with Crippen LogP contribution in [-0.4, -0.2) is 42.2 Å². The van der Waals surface area contributed by atoms with Gasteiger partial charge in [0.05, 0.1) is 35.7 Å². The van der Waals surface area contributed by atoms with E-state index in [1.165, 1.54) is 19.2 Å². The molecule has 9 nitrogen and oxygen atoms in total. The Morgan fingerprint density at radius 2 is 1.76 bits per heavy atom. The Hall–Kier alpha value is -4.84. The molecule has 3 aromatic carbocycles. The average Bonchev–Trinajstić information content (AvgIpc) is 3.66. The number of benzene rings is 3. The zero-order chi connectivity index (χ0) is 31.7. The lowest BCUT2D eigenvalue weighted by molar-refractivity contribution is -0.159. The van der Waals surface area contributed by atoms with E-state index in [1.807, 2.05) is 61.5 Å². The summed E-state index contributed by atoms with van der Waals surface area (Å²) in [6, 6.07) is 18.5. The Bertz CT molecular complexity index is 1710. The first-order valence-corrected chi connectivity index (χ1v) is 15.4. The fourth-order valence-corrected chi connectivity index (χ4v) is 7.14.